The normalized spacial score (nSPS) is 19.4. The van der Waals surface area contributed by atoms with Crippen molar-refractivity contribution in [2.45, 2.75) is 12.8 Å². The fourth-order valence-corrected chi connectivity index (χ4v) is 2.00. The lowest BCUT2D eigenvalue weighted by Gasteiger charge is -2.17. The number of allylic oxidation sites excluding steroid dienone is 1. The first kappa shape index (κ1) is 6.74. The lowest BCUT2D eigenvalue weighted by molar-refractivity contribution is 0.566. The molecule has 46 valence electrons. The highest BCUT2D eigenvalue weighted by molar-refractivity contribution is 14.2. The molecule has 0 unspecified atom stereocenters. The van der Waals surface area contributed by atoms with Gasteiger partial charge in [-0.1, -0.05) is 6.08 Å². The summed E-state index contributed by atoms with van der Waals surface area (Å²) < 4.78 is 2.24. The first-order valence-electron chi connectivity index (χ1n) is 2.65. The maximum absolute atomic E-state index is 2.30. The van der Waals surface area contributed by atoms with Gasteiger partial charge in [0.15, 0.2) is 0 Å². The van der Waals surface area contributed by atoms with Crippen LogP contribution in [0.4, 0.5) is 0 Å². The van der Waals surface area contributed by atoms with Gasteiger partial charge in [0.2, 0.25) is 0 Å². The first-order valence-corrected chi connectivity index (χ1v) is 5.97. The average Bonchev–Trinajstić information content (AvgIpc) is 1.90. The summed E-state index contributed by atoms with van der Waals surface area (Å²) in [6.07, 6.45) is 6.94. The van der Waals surface area contributed by atoms with Crippen molar-refractivity contribution in [2.75, 3.05) is 6.54 Å². The lowest BCUT2D eigenvalue weighted by Crippen LogP contribution is -2.10. The molecule has 1 heterocycles. The van der Waals surface area contributed by atoms with Crippen LogP contribution in [0.5, 0.6) is 0 Å². The molecule has 0 spiro atoms. The lowest BCUT2D eigenvalue weighted by atomic mass is 10.2. The van der Waals surface area contributed by atoms with E-state index in [2.05, 4.69) is 37.8 Å². The predicted octanol–water partition coefficient (Wildman–Crippen LogP) is 2.59. The fraction of sp³-hybridized carbons (Fsp3) is 0.600. The standard InChI is InChI=1S/C5H8INS/c6-8-7-4-2-1-3-5-7/h2,4H,1,3,5H2. The van der Waals surface area contributed by atoms with Crippen LogP contribution in [0, 0.1) is 0 Å². The van der Waals surface area contributed by atoms with Crippen LogP contribution in [0.3, 0.4) is 0 Å². The Balaban J connectivity index is 2.32. The Morgan fingerprint density at radius 2 is 2.50 bits per heavy atom. The van der Waals surface area contributed by atoms with Gasteiger partial charge in [0.05, 0.1) is 0 Å². The fourth-order valence-electron chi connectivity index (χ4n) is 0.689. The van der Waals surface area contributed by atoms with Gasteiger partial charge in [0.1, 0.15) is 0 Å². The highest BCUT2D eigenvalue weighted by atomic mass is 127. The van der Waals surface area contributed by atoms with Crippen LogP contribution in [0.15, 0.2) is 12.3 Å². The van der Waals surface area contributed by atoms with Crippen LogP contribution in [0.25, 0.3) is 0 Å². The largest absolute Gasteiger partial charge is 0.315 e. The quantitative estimate of drug-likeness (QED) is 0.512. The summed E-state index contributed by atoms with van der Waals surface area (Å²) in [4.78, 5) is 0. The summed E-state index contributed by atoms with van der Waals surface area (Å²) in [6, 6.07) is 0. The van der Waals surface area contributed by atoms with Gasteiger partial charge < -0.3 is 4.31 Å². The van der Waals surface area contributed by atoms with Gasteiger partial charge in [-0.2, -0.15) is 0 Å². The van der Waals surface area contributed by atoms with E-state index >= 15 is 0 Å². The Bertz CT molecular complexity index is 94.4. The van der Waals surface area contributed by atoms with E-state index < -0.39 is 0 Å². The summed E-state index contributed by atoms with van der Waals surface area (Å²) >= 11 is 2.30. The van der Waals surface area contributed by atoms with E-state index in [9.17, 15) is 0 Å². The third-order valence-corrected chi connectivity index (χ3v) is 3.11. The SMILES string of the molecule is ISN1C=CCCC1. The van der Waals surface area contributed by atoms with Crippen LogP contribution in [-0.4, -0.2) is 10.8 Å². The molecular weight excluding hydrogens is 233 g/mol. The maximum atomic E-state index is 2.30. The second-order valence-electron chi connectivity index (χ2n) is 1.74. The summed E-state index contributed by atoms with van der Waals surface area (Å²) in [7, 11) is 1.76. The van der Waals surface area contributed by atoms with Gasteiger partial charge in [-0.05, 0) is 12.8 Å². The van der Waals surface area contributed by atoms with E-state index in [1.807, 2.05) is 0 Å². The van der Waals surface area contributed by atoms with Gasteiger partial charge in [-0.25, -0.2) is 0 Å². The molecule has 1 nitrogen and oxygen atoms in total. The predicted molar refractivity (Wildman–Crippen MR) is 46.7 cm³/mol. The van der Waals surface area contributed by atoms with Crippen molar-refractivity contribution >= 4 is 30.3 Å². The third kappa shape index (κ3) is 1.85. The second kappa shape index (κ2) is 3.61. The van der Waals surface area contributed by atoms with E-state index in [0.717, 1.165) is 0 Å². The molecule has 0 amide bonds. The van der Waals surface area contributed by atoms with E-state index in [1.54, 1.807) is 9.12 Å². The Morgan fingerprint density at radius 3 is 2.88 bits per heavy atom. The Hall–Kier alpha value is 0.620. The zero-order valence-corrected chi connectivity index (χ0v) is 7.48. The zero-order valence-electron chi connectivity index (χ0n) is 4.51. The van der Waals surface area contributed by atoms with Crippen molar-refractivity contribution in [2.24, 2.45) is 0 Å². The van der Waals surface area contributed by atoms with Crippen molar-refractivity contribution < 1.29 is 0 Å². The summed E-state index contributed by atoms with van der Waals surface area (Å²) in [5, 5.41) is 0. The smallest absolute Gasteiger partial charge is 0.0299 e. The Morgan fingerprint density at radius 1 is 1.62 bits per heavy atom. The van der Waals surface area contributed by atoms with Crippen LogP contribution in [-0.2, 0) is 0 Å². The molecule has 0 atom stereocenters. The molecule has 0 bridgehead atoms. The van der Waals surface area contributed by atoms with Crippen molar-refractivity contribution in [3.63, 3.8) is 0 Å². The molecule has 0 aromatic rings. The van der Waals surface area contributed by atoms with Crippen molar-refractivity contribution in [3.8, 4) is 0 Å². The van der Waals surface area contributed by atoms with Crippen molar-refractivity contribution in [3.05, 3.63) is 12.3 Å². The Kier molecular flexibility index (Phi) is 3.04. The molecule has 8 heavy (non-hydrogen) atoms. The molecule has 0 aliphatic carbocycles. The number of hydrogen-bond acceptors (Lipinski definition) is 2. The number of halogens is 1. The van der Waals surface area contributed by atoms with E-state index in [4.69, 9.17) is 0 Å². The molecular formula is C5H8INS. The van der Waals surface area contributed by atoms with Gasteiger partial charge in [0, 0.05) is 43.1 Å². The highest BCUT2D eigenvalue weighted by Gasteiger charge is 1.99. The second-order valence-corrected chi connectivity index (χ2v) is 3.53. The maximum Gasteiger partial charge on any atom is 0.0299 e. The summed E-state index contributed by atoms with van der Waals surface area (Å²) in [5.74, 6) is 0. The minimum Gasteiger partial charge on any atom is -0.315 e. The average molecular weight is 241 g/mol. The molecule has 0 saturated heterocycles. The first-order chi connectivity index (χ1) is 3.93. The zero-order chi connectivity index (χ0) is 5.82. The highest BCUT2D eigenvalue weighted by Crippen LogP contribution is 2.21. The molecule has 1 aliphatic rings. The van der Waals surface area contributed by atoms with Crippen molar-refractivity contribution in [1.29, 1.82) is 0 Å². The number of rotatable bonds is 1. The molecule has 0 radical (unpaired) electrons. The molecule has 0 saturated carbocycles. The monoisotopic (exact) mass is 241 g/mol. The number of hydrogen-bond donors (Lipinski definition) is 0. The van der Waals surface area contributed by atoms with E-state index in [1.165, 1.54) is 19.4 Å². The minimum atomic E-state index is 1.21. The van der Waals surface area contributed by atoms with Gasteiger partial charge >= 0.3 is 0 Å². The van der Waals surface area contributed by atoms with Crippen LogP contribution in [0.1, 0.15) is 12.8 Å². The van der Waals surface area contributed by atoms with Gasteiger partial charge in [-0.3, -0.25) is 0 Å². The van der Waals surface area contributed by atoms with E-state index in [0.29, 0.717) is 0 Å². The van der Waals surface area contributed by atoms with Gasteiger partial charge in [0.25, 0.3) is 0 Å². The van der Waals surface area contributed by atoms with Crippen LogP contribution in [0.2, 0.25) is 0 Å². The molecule has 0 aromatic heterocycles. The molecule has 1 aliphatic heterocycles. The summed E-state index contributed by atoms with van der Waals surface area (Å²) in [6.45, 7) is 1.21. The van der Waals surface area contributed by atoms with Crippen LogP contribution < -0.4 is 0 Å². The van der Waals surface area contributed by atoms with Crippen LogP contribution >= 0.6 is 30.3 Å². The molecule has 0 N–H and O–H groups in total. The topological polar surface area (TPSA) is 3.24 Å². The number of nitrogens with zero attached hydrogens (tertiary/aromatic N) is 1. The van der Waals surface area contributed by atoms with Gasteiger partial charge in [-0.15, -0.1) is 0 Å². The Labute approximate surface area is 66.2 Å². The summed E-state index contributed by atoms with van der Waals surface area (Å²) in [5.41, 5.74) is 0. The molecule has 3 heteroatoms. The third-order valence-electron chi connectivity index (χ3n) is 1.11. The molecule has 1 rings (SSSR count). The van der Waals surface area contributed by atoms with E-state index in [-0.39, 0.29) is 0 Å². The minimum absolute atomic E-state index is 1.21. The van der Waals surface area contributed by atoms with Crippen molar-refractivity contribution in [1.82, 2.24) is 4.31 Å². The molecule has 0 fully saturated rings. The molecule has 0 aromatic carbocycles.